The van der Waals surface area contributed by atoms with Crippen LogP contribution in [0.4, 0.5) is 5.69 Å². The fourth-order valence-corrected chi connectivity index (χ4v) is 1.84. The molecule has 2 rings (SSSR count). The molecule has 1 aromatic carbocycles. The van der Waals surface area contributed by atoms with Crippen molar-refractivity contribution in [3.63, 3.8) is 0 Å². The molecule has 1 N–H and O–H groups in total. The Labute approximate surface area is 112 Å². The Morgan fingerprint density at radius 2 is 2.32 bits per heavy atom. The summed E-state index contributed by atoms with van der Waals surface area (Å²) in [5.74, 6) is -0.122. The van der Waals surface area contributed by atoms with Gasteiger partial charge in [-0.3, -0.25) is 4.79 Å². The molecule has 5 nitrogen and oxygen atoms in total. The molecule has 1 amide bonds. The highest BCUT2D eigenvalue weighted by molar-refractivity contribution is 5.93. The lowest BCUT2D eigenvalue weighted by Gasteiger charge is -2.39. The first-order chi connectivity index (χ1) is 9.04. The molecule has 0 aromatic heterocycles. The number of benzene rings is 1. The second-order valence-corrected chi connectivity index (χ2v) is 4.96. The maximum absolute atomic E-state index is 12.0. The molecule has 5 heteroatoms. The van der Waals surface area contributed by atoms with E-state index in [0.717, 1.165) is 13.1 Å². The maximum Gasteiger partial charge on any atom is 0.252 e. The Balaban J connectivity index is 1.96. The van der Waals surface area contributed by atoms with Gasteiger partial charge in [0.15, 0.2) is 0 Å². The SMILES string of the molecule is CN(C(=O)COC1(C)CNC1)c1cccc(C#N)c1. The number of nitriles is 1. The van der Waals surface area contributed by atoms with Crippen LogP contribution in [-0.2, 0) is 9.53 Å². The van der Waals surface area contributed by atoms with E-state index in [1.807, 2.05) is 6.92 Å². The number of nitrogens with one attached hydrogen (secondary N) is 1. The van der Waals surface area contributed by atoms with E-state index in [4.69, 9.17) is 10.00 Å². The molecule has 0 radical (unpaired) electrons. The lowest BCUT2D eigenvalue weighted by atomic mass is 10.0. The molecule has 0 spiro atoms. The van der Waals surface area contributed by atoms with Gasteiger partial charge in [0.1, 0.15) is 6.61 Å². The molecule has 19 heavy (non-hydrogen) atoms. The van der Waals surface area contributed by atoms with Gasteiger partial charge in [0, 0.05) is 25.8 Å². The number of carbonyl (C=O) groups excluding carboxylic acids is 1. The molecule has 0 atom stereocenters. The average molecular weight is 259 g/mol. The lowest BCUT2D eigenvalue weighted by Crippen LogP contribution is -2.59. The van der Waals surface area contributed by atoms with Crippen LogP contribution in [0, 0.1) is 11.3 Å². The van der Waals surface area contributed by atoms with E-state index in [1.54, 1.807) is 31.3 Å². The molecule has 100 valence electrons. The summed E-state index contributed by atoms with van der Waals surface area (Å²) in [6.07, 6.45) is 0. The Morgan fingerprint density at radius 1 is 1.58 bits per heavy atom. The highest BCUT2D eigenvalue weighted by Gasteiger charge is 2.33. The van der Waals surface area contributed by atoms with Crippen LogP contribution in [-0.4, -0.2) is 38.3 Å². The molecular weight excluding hydrogens is 242 g/mol. The van der Waals surface area contributed by atoms with Gasteiger partial charge in [-0.15, -0.1) is 0 Å². The van der Waals surface area contributed by atoms with Crippen LogP contribution in [0.3, 0.4) is 0 Å². The predicted molar refractivity (Wildman–Crippen MR) is 71.8 cm³/mol. The number of likely N-dealkylation sites (N-methyl/N-ethyl adjacent to an activating group) is 1. The van der Waals surface area contributed by atoms with Crippen molar-refractivity contribution in [2.45, 2.75) is 12.5 Å². The van der Waals surface area contributed by atoms with E-state index < -0.39 is 0 Å². The molecule has 1 aliphatic heterocycles. The third-order valence-corrected chi connectivity index (χ3v) is 3.28. The van der Waals surface area contributed by atoms with E-state index in [0.29, 0.717) is 11.3 Å². The molecule has 0 aliphatic carbocycles. The molecule has 1 aromatic rings. The summed E-state index contributed by atoms with van der Waals surface area (Å²) >= 11 is 0. The first kappa shape index (κ1) is 13.5. The summed E-state index contributed by atoms with van der Waals surface area (Å²) in [4.78, 5) is 13.5. The first-order valence-corrected chi connectivity index (χ1v) is 6.15. The minimum atomic E-state index is -0.231. The Hall–Kier alpha value is -1.90. The molecular formula is C14H17N3O2. The van der Waals surface area contributed by atoms with Crippen molar-refractivity contribution in [1.82, 2.24) is 5.32 Å². The van der Waals surface area contributed by atoms with Gasteiger partial charge in [0.05, 0.1) is 17.2 Å². The van der Waals surface area contributed by atoms with Gasteiger partial charge >= 0.3 is 0 Å². The van der Waals surface area contributed by atoms with Crippen LogP contribution in [0.5, 0.6) is 0 Å². The zero-order valence-electron chi connectivity index (χ0n) is 11.1. The third-order valence-electron chi connectivity index (χ3n) is 3.28. The zero-order chi connectivity index (χ0) is 13.9. The van der Waals surface area contributed by atoms with Crippen molar-refractivity contribution >= 4 is 11.6 Å². The van der Waals surface area contributed by atoms with Crippen LogP contribution >= 0.6 is 0 Å². The number of amides is 1. The lowest BCUT2D eigenvalue weighted by molar-refractivity contribution is -0.133. The summed E-state index contributed by atoms with van der Waals surface area (Å²) in [5.41, 5.74) is 1.00. The molecule has 1 aliphatic rings. The Kier molecular flexibility index (Phi) is 3.84. The van der Waals surface area contributed by atoms with Gasteiger partial charge in [-0.05, 0) is 25.1 Å². The number of anilines is 1. The smallest absolute Gasteiger partial charge is 0.252 e. The van der Waals surface area contributed by atoms with Crippen LogP contribution in [0.1, 0.15) is 12.5 Å². The molecule has 1 saturated heterocycles. The second kappa shape index (κ2) is 5.39. The van der Waals surface area contributed by atoms with E-state index >= 15 is 0 Å². The second-order valence-electron chi connectivity index (χ2n) is 4.96. The van der Waals surface area contributed by atoms with Gasteiger partial charge < -0.3 is 15.0 Å². The fourth-order valence-electron chi connectivity index (χ4n) is 1.84. The molecule has 1 fully saturated rings. The number of rotatable bonds is 4. The maximum atomic E-state index is 12.0. The Morgan fingerprint density at radius 3 is 2.89 bits per heavy atom. The molecule has 1 heterocycles. The average Bonchev–Trinajstić information content (AvgIpc) is 2.41. The van der Waals surface area contributed by atoms with Gasteiger partial charge in [-0.2, -0.15) is 5.26 Å². The van der Waals surface area contributed by atoms with Crippen LogP contribution < -0.4 is 10.2 Å². The van der Waals surface area contributed by atoms with Crippen molar-refractivity contribution in [2.75, 3.05) is 31.6 Å². The summed E-state index contributed by atoms with van der Waals surface area (Å²) in [7, 11) is 1.68. The topological polar surface area (TPSA) is 65.4 Å². The highest BCUT2D eigenvalue weighted by Crippen LogP contribution is 2.17. The number of nitrogens with zero attached hydrogens (tertiary/aromatic N) is 2. The summed E-state index contributed by atoms with van der Waals surface area (Å²) in [6, 6.07) is 9.01. The van der Waals surface area contributed by atoms with Crippen LogP contribution in [0.15, 0.2) is 24.3 Å². The van der Waals surface area contributed by atoms with Gasteiger partial charge in [-0.1, -0.05) is 6.07 Å². The quantitative estimate of drug-likeness (QED) is 0.872. The minimum Gasteiger partial charge on any atom is -0.363 e. The number of hydrogen-bond acceptors (Lipinski definition) is 4. The summed E-state index contributed by atoms with van der Waals surface area (Å²) in [5, 5.41) is 12.0. The van der Waals surface area contributed by atoms with Gasteiger partial charge in [0.25, 0.3) is 5.91 Å². The van der Waals surface area contributed by atoms with Crippen molar-refractivity contribution < 1.29 is 9.53 Å². The zero-order valence-corrected chi connectivity index (χ0v) is 11.1. The first-order valence-electron chi connectivity index (χ1n) is 6.15. The van der Waals surface area contributed by atoms with Crippen molar-refractivity contribution in [1.29, 1.82) is 5.26 Å². The predicted octanol–water partition coefficient (Wildman–Crippen LogP) is 0.900. The van der Waals surface area contributed by atoms with Crippen molar-refractivity contribution in [3.05, 3.63) is 29.8 Å². The van der Waals surface area contributed by atoms with Gasteiger partial charge in [0.2, 0.25) is 0 Å². The third kappa shape index (κ3) is 3.11. The summed E-state index contributed by atoms with van der Waals surface area (Å²) in [6.45, 7) is 3.57. The van der Waals surface area contributed by atoms with Crippen LogP contribution in [0.2, 0.25) is 0 Å². The fraction of sp³-hybridized carbons (Fsp3) is 0.429. The monoisotopic (exact) mass is 259 g/mol. The van der Waals surface area contributed by atoms with E-state index in [1.165, 1.54) is 4.90 Å². The van der Waals surface area contributed by atoms with Gasteiger partial charge in [-0.25, -0.2) is 0 Å². The van der Waals surface area contributed by atoms with Crippen molar-refractivity contribution in [2.24, 2.45) is 0 Å². The summed E-state index contributed by atoms with van der Waals surface area (Å²) < 4.78 is 5.61. The largest absolute Gasteiger partial charge is 0.363 e. The number of ether oxygens (including phenoxy) is 1. The van der Waals surface area contributed by atoms with Crippen molar-refractivity contribution in [3.8, 4) is 6.07 Å². The molecule has 0 saturated carbocycles. The van der Waals surface area contributed by atoms with Crippen LogP contribution in [0.25, 0.3) is 0 Å². The molecule has 0 bridgehead atoms. The normalized spacial score (nSPS) is 16.3. The van der Waals surface area contributed by atoms with E-state index in [2.05, 4.69) is 11.4 Å². The van der Waals surface area contributed by atoms with E-state index in [9.17, 15) is 4.79 Å². The minimum absolute atomic E-state index is 0.0471. The number of hydrogen-bond donors (Lipinski definition) is 1. The molecule has 0 unspecified atom stereocenters. The number of carbonyl (C=O) groups is 1. The highest BCUT2D eigenvalue weighted by atomic mass is 16.5. The van der Waals surface area contributed by atoms with E-state index in [-0.39, 0.29) is 18.1 Å². The standard InChI is InChI=1S/C14H17N3O2/c1-14(9-16-10-14)19-8-13(18)17(2)12-5-3-4-11(6-12)7-15/h3-6,16H,8-10H2,1-2H3. The Bertz CT molecular complexity index is 518.